The first kappa shape index (κ1) is 20.9. The summed E-state index contributed by atoms with van der Waals surface area (Å²) < 4.78 is 1.58. The van der Waals surface area contributed by atoms with Crippen LogP contribution in [-0.4, -0.2) is 19.5 Å². The highest BCUT2D eigenvalue weighted by molar-refractivity contribution is 7.98. The fraction of sp³-hybridized carbons (Fsp3) is 0.0833. The average Bonchev–Trinajstić information content (AvgIpc) is 3.28. The predicted molar refractivity (Wildman–Crippen MR) is 132 cm³/mol. The number of rotatable bonds is 5. The molecule has 158 valence electrons. The van der Waals surface area contributed by atoms with E-state index in [1.165, 1.54) is 11.8 Å². The largest absolute Gasteiger partial charge is 0.268 e. The van der Waals surface area contributed by atoms with Crippen LogP contribution in [-0.2, 0) is 5.75 Å². The molecule has 3 aromatic heterocycles. The van der Waals surface area contributed by atoms with Gasteiger partial charge in [-0.05, 0) is 36.8 Å². The van der Waals surface area contributed by atoms with Crippen LogP contribution in [0.4, 0.5) is 0 Å². The molecular weight excluding hydrogens is 460 g/mol. The molecular formula is C24H17ClN4OS2. The summed E-state index contributed by atoms with van der Waals surface area (Å²) in [5, 5.41) is 4.71. The molecule has 0 amide bonds. The molecule has 8 heteroatoms. The zero-order valence-corrected chi connectivity index (χ0v) is 19.4. The molecule has 0 saturated heterocycles. The van der Waals surface area contributed by atoms with Gasteiger partial charge in [0.2, 0.25) is 0 Å². The van der Waals surface area contributed by atoms with E-state index < -0.39 is 0 Å². The molecule has 5 nitrogen and oxygen atoms in total. The van der Waals surface area contributed by atoms with Crippen molar-refractivity contribution < 1.29 is 0 Å². The van der Waals surface area contributed by atoms with E-state index in [4.69, 9.17) is 21.6 Å². The number of para-hydroxylation sites is 1. The van der Waals surface area contributed by atoms with E-state index >= 15 is 0 Å². The summed E-state index contributed by atoms with van der Waals surface area (Å²) >= 11 is 9.33. The fourth-order valence-corrected chi connectivity index (χ4v) is 5.41. The number of hydrogen-bond donors (Lipinski definition) is 0. The number of hydrogen-bond acceptors (Lipinski definition) is 6. The Morgan fingerprint density at radius 3 is 2.66 bits per heavy atom. The summed E-state index contributed by atoms with van der Waals surface area (Å²) in [5.41, 5.74) is 3.38. The zero-order valence-electron chi connectivity index (χ0n) is 17.0. The van der Waals surface area contributed by atoms with Crippen LogP contribution < -0.4 is 5.56 Å². The molecule has 0 unspecified atom stereocenters. The van der Waals surface area contributed by atoms with Crippen molar-refractivity contribution in [3.8, 4) is 16.4 Å². The Balaban J connectivity index is 1.52. The molecule has 0 aliphatic rings. The summed E-state index contributed by atoms with van der Waals surface area (Å²) in [5.74, 6) is 1.12. The third-order valence-electron chi connectivity index (χ3n) is 4.87. The second-order valence-corrected chi connectivity index (χ2v) is 9.37. The van der Waals surface area contributed by atoms with Gasteiger partial charge < -0.3 is 0 Å². The van der Waals surface area contributed by atoms with Crippen molar-refractivity contribution in [1.29, 1.82) is 0 Å². The van der Waals surface area contributed by atoms with E-state index in [-0.39, 0.29) is 5.56 Å². The van der Waals surface area contributed by atoms with Crippen LogP contribution in [0.2, 0.25) is 5.02 Å². The molecule has 32 heavy (non-hydrogen) atoms. The van der Waals surface area contributed by atoms with Gasteiger partial charge in [-0.2, -0.15) is 0 Å². The second kappa shape index (κ2) is 8.86. The Bertz CT molecular complexity index is 1480. The number of pyridine rings is 1. The van der Waals surface area contributed by atoms with Gasteiger partial charge >= 0.3 is 0 Å². The number of benzene rings is 2. The molecule has 3 heterocycles. The Morgan fingerprint density at radius 2 is 1.84 bits per heavy atom. The maximum Gasteiger partial charge on any atom is 0.267 e. The van der Waals surface area contributed by atoms with Crippen LogP contribution >= 0.6 is 34.7 Å². The lowest BCUT2D eigenvalue weighted by Gasteiger charge is -2.12. The normalized spacial score (nSPS) is 11.2. The van der Waals surface area contributed by atoms with Crippen molar-refractivity contribution in [3.63, 3.8) is 0 Å². The van der Waals surface area contributed by atoms with E-state index in [2.05, 4.69) is 4.98 Å². The van der Waals surface area contributed by atoms with Crippen LogP contribution in [0, 0.1) is 6.92 Å². The smallest absolute Gasteiger partial charge is 0.267 e. The number of thiazole rings is 1. The topological polar surface area (TPSA) is 60.7 Å². The Labute approximate surface area is 197 Å². The maximum absolute atomic E-state index is 13.3. The zero-order chi connectivity index (χ0) is 22.1. The maximum atomic E-state index is 13.3. The van der Waals surface area contributed by atoms with Crippen LogP contribution in [0.5, 0.6) is 0 Å². The Hall–Kier alpha value is -3.00. The summed E-state index contributed by atoms with van der Waals surface area (Å²) in [6.07, 6.45) is 1.75. The van der Waals surface area contributed by atoms with E-state index in [1.807, 2.05) is 66.9 Å². The molecule has 0 N–H and O–H groups in total. The first-order valence-corrected chi connectivity index (χ1v) is 12.1. The summed E-state index contributed by atoms with van der Waals surface area (Å²) in [7, 11) is 0. The lowest BCUT2D eigenvalue weighted by atomic mass is 10.2. The fourth-order valence-electron chi connectivity index (χ4n) is 3.27. The lowest BCUT2D eigenvalue weighted by Crippen LogP contribution is -2.22. The van der Waals surface area contributed by atoms with Gasteiger partial charge in [0.15, 0.2) is 5.16 Å². The first-order chi connectivity index (χ1) is 15.6. The lowest BCUT2D eigenvalue weighted by molar-refractivity contribution is 0.794. The monoisotopic (exact) mass is 476 g/mol. The van der Waals surface area contributed by atoms with Gasteiger partial charge in [0.25, 0.3) is 5.56 Å². The minimum atomic E-state index is -0.135. The number of nitrogens with zero attached hydrogens (tertiary/aromatic N) is 4. The van der Waals surface area contributed by atoms with Gasteiger partial charge in [0.1, 0.15) is 10.8 Å². The number of thioether (sulfide) groups is 1. The van der Waals surface area contributed by atoms with Crippen molar-refractivity contribution >= 4 is 45.6 Å². The average molecular weight is 477 g/mol. The molecule has 0 aliphatic carbocycles. The molecule has 0 radical (unpaired) electrons. The highest BCUT2D eigenvalue weighted by Crippen LogP contribution is 2.32. The standard InChI is InChI=1S/C24H17ClN4OS2/c1-15-10-11-21(26-12-15)29-23(30)18-7-3-5-9-20(18)28-24(29)32-14-16-13-31-22(27-16)17-6-2-4-8-19(17)25/h2-13H,14H2,1H3. The van der Waals surface area contributed by atoms with Crippen molar-refractivity contribution in [2.45, 2.75) is 17.8 Å². The molecule has 0 atom stereocenters. The Morgan fingerprint density at radius 1 is 1.03 bits per heavy atom. The van der Waals surface area contributed by atoms with Crippen molar-refractivity contribution in [3.05, 3.63) is 98.9 Å². The number of aromatic nitrogens is 4. The van der Waals surface area contributed by atoms with Gasteiger partial charge in [0.05, 0.1) is 21.6 Å². The highest BCUT2D eigenvalue weighted by atomic mass is 35.5. The van der Waals surface area contributed by atoms with E-state index in [0.717, 1.165) is 21.8 Å². The first-order valence-electron chi connectivity index (χ1n) is 9.87. The predicted octanol–water partition coefficient (Wildman–Crippen LogP) is 6.16. The van der Waals surface area contributed by atoms with Crippen molar-refractivity contribution in [1.82, 2.24) is 19.5 Å². The summed E-state index contributed by atoms with van der Waals surface area (Å²) in [6, 6.07) is 18.8. The van der Waals surface area contributed by atoms with E-state index in [9.17, 15) is 4.79 Å². The Kier molecular flexibility index (Phi) is 5.78. The summed E-state index contributed by atoms with van der Waals surface area (Å²) in [6.45, 7) is 1.96. The van der Waals surface area contributed by atoms with Crippen molar-refractivity contribution in [2.75, 3.05) is 0 Å². The van der Waals surface area contributed by atoms with E-state index in [0.29, 0.717) is 32.7 Å². The molecule has 5 aromatic rings. The van der Waals surface area contributed by atoms with Crippen LogP contribution in [0.1, 0.15) is 11.3 Å². The van der Waals surface area contributed by atoms with Gasteiger partial charge in [-0.3, -0.25) is 4.79 Å². The number of fused-ring (bicyclic) bond motifs is 1. The van der Waals surface area contributed by atoms with Crippen molar-refractivity contribution in [2.24, 2.45) is 0 Å². The van der Waals surface area contributed by atoms with Crippen LogP contribution in [0.3, 0.4) is 0 Å². The van der Waals surface area contributed by atoms with Gasteiger partial charge in [0, 0.05) is 22.9 Å². The molecule has 0 fully saturated rings. The molecule has 2 aromatic carbocycles. The van der Waals surface area contributed by atoms with Gasteiger partial charge in [-0.1, -0.05) is 59.8 Å². The quantitative estimate of drug-likeness (QED) is 0.224. The molecule has 0 saturated carbocycles. The SMILES string of the molecule is Cc1ccc(-n2c(SCc3csc(-c4ccccc4Cl)n3)nc3ccccc3c2=O)nc1. The molecule has 0 aliphatic heterocycles. The third-order valence-corrected chi connectivity index (χ3v) is 7.10. The molecule has 0 bridgehead atoms. The minimum absolute atomic E-state index is 0.135. The minimum Gasteiger partial charge on any atom is -0.268 e. The summed E-state index contributed by atoms with van der Waals surface area (Å²) in [4.78, 5) is 27.3. The number of aryl methyl sites for hydroxylation is 1. The van der Waals surface area contributed by atoms with Crippen LogP contribution in [0.15, 0.2) is 82.2 Å². The van der Waals surface area contributed by atoms with Gasteiger partial charge in [-0.25, -0.2) is 19.5 Å². The molecule has 0 spiro atoms. The van der Waals surface area contributed by atoms with E-state index in [1.54, 1.807) is 28.2 Å². The highest BCUT2D eigenvalue weighted by Gasteiger charge is 2.15. The number of halogens is 1. The van der Waals surface area contributed by atoms with Crippen LogP contribution in [0.25, 0.3) is 27.3 Å². The third kappa shape index (κ3) is 4.07. The molecule has 5 rings (SSSR count). The second-order valence-electron chi connectivity index (χ2n) is 7.16. The van der Waals surface area contributed by atoms with Gasteiger partial charge in [-0.15, -0.1) is 11.3 Å².